The van der Waals surface area contributed by atoms with Gasteiger partial charge in [0.1, 0.15) is 0 Å². The molecule has 18 heavy (non-hydrogen) atoms. The average molecular weight is 397 g/mol. The number of aliphatic hydroxyl groups is 1. The van der Waals surface area contributed by atoms with E-state index in [0.29, 0.717) is 6.54 Å². The van der Waals surface area contributed by atoms with Crippen LogP contribution in [0.2, 0.25) is 0 Å². The molecule has 0 bridgehead atoms. The van der Waals surface area contributed by atoms with Gasteiger partial charge in [0.25, 0.3) is 0 Å². The van der Waals surface area contributed by atoms with Crippen molar-refractivity contribution < 1.29 is 5.11 Å². The number of rotatable bonds is 3. The van der Waals surface area contributed by atoms with Gasteiger partial charge in [0.2, 0.25) is 0 Å². The fourth-order valence-corrected chi connectivity index (χ4v) is 4.94. The second kappa shape index (κ2) is 5.92. The van der Waals surface area contributed by atoms with Crippen molar-refractivity contribution in [3.63, 3.8) is 0 Å². The van der Waals surface area contributed by atoms with Gasteiger partial charge in [-0.3, -0.25) is 0 Å². The van der Waals surface area contributed by atoms with Crippen LogP contribution in [0.25, 0.3) is 0 Å². The zero-order chi connectivity index (χ0) is 13.3. The lowest BCUT2D eigenvalue weighted by Gasteiger charge is -2.41. The SMILES string of the molecule is CC1CCC(CN)(C(O)c2cc(Br)c(Br)s2)CC1. The number of hydrogen-bond donors (Lipinski definition) is 2. The zero-order valence-corrected chi connectivity index (χ0v) is 14.4. The number of hydrogen-bond acceptors (Lipinski definition) is 3. The summed E-state index contributed by atoms with van der Waals surface area (Å²) < 4.78 is 2.05. The summed E-state index contributed by atoms with van der Waals surface area (Å²) in [6.45, 7) is 2.85. The zero-order valence-electron chi connectivity index (χ0n) is 10.5. The van der Waals surface area contributed by atoms with Crippen molar-refractivity contribution in [2.24, 2.45) is 17.1 Å². The summed E-state index contributed by atoms with van der Waals surface area (Å²) in [7, 11) is 0. The summed E-state index contributed by atoms with van der Waals surface area (Å²) in [6.07, 6.45) is 3.95. The Morgan fingerprint density at radius 1 is 1.50 bits per heavy atom. The van der Waals surface area contributed by atoms with E-state index in [1.165, 1.54) is 12.8 Å². The van der Waals surface area contributed by atoms with Crippen molar-refractivity contribution in [3.05, 3.63) is 19.2 Å². The molecule has 1 unspecified atom stereocenters. The molecule has 1 atom stereocenters. The maximum absolute atomic E-state index is 10.7. The van der Waals surface area contributed by atoms with Crippen LogP contribution >= 0.6 is 43.2 Å². The maximum atomic E-state index is 10.7. The second-order valence-electron chi connectivity index (χ2n) is 5.42. The van der Waals surface area contributed by atoms with Gasteiger partial charge in [-0.1, -0.05) is 19.8 Å². The van der Waals surface area contributed by atoms with Crippen LogP contribution in [0.3, 0.4) is 0 Å². The van der Waals surface area contributed by atoms with E-state index in [4.69, 9.17) is 5.73 Å². The molecular weight excluding hydrogens is 378 g/mol. The molecule has 0 aliphatic heterocycles. The Labute approximate surface area is 129 Å². The minimum Gasteiger partial charge on any atom is -0.387 e. The number of thiophene rings is 1. The Balaban J connectivity index is 2.22. The number of nitrogens with two attached hydrogens (primary N) is 1. The fourth-order valence-electron chi connectivity index (χ4n) is 2.73. The highest BCUT2D eigenvalue weighted by Crippen LogP contribution is 2.49. The molecule has 5 heteroatoms. The highest BCUT2D eigenvalue weighted by atomic mass is 79.9. The van der Waals surface area contributed by atoms with Crippen LogP contribution in [0.4, 0.5) is 0 Å². The van der Waals surface area contributed by atoms with Crippen LogP contribution in [-0.2, 0) is 0 Å². The lowest BCUT2D eigenvalue weighted by Crippen LogP contribution is -2.39. The molecule has 0 saturated heterocycles. The molecule has 2 rings (SSSR count). The Morgan fingerprint density at radius 2 is 2.11 bits per heavy atom. The van der Waals surface area contributed by atoms with Gasteiger partial charge in [-0.25, -0.2) is 0 Å². The van der Waals surface area contributed by atoms with Gasteiger partial charge in [0, 0.05) is 21.3 Å². The first-order valence-corrected chi connectivity index (χ1v) is 8.71. The van der Waals surface area contributed by atoms with Crippen molar-refractivity contribution in [2.45, 2.75) is 38.7 Å². The van der Waals surface area contributed by atoms with E-state index in [1.54, 1.807) is 11.3 Å². The van der Waals surface area contributed by atoms with Crippen LogP contribution in [0, 0.1) is 11.3 Å². The summed E-state index contributed by atoms with van der Waals surface area (Å²) in [5, 5.41) is 10.7. The van der Waals surface area contributed by atoms with Crippen molar-refractivity contribution in [2.75, 3.05) is 6.54 Å². The third kappa shape index (κ3) is 2.85. The molecule has 0 radical (unpaired) electrons. The standard InChI is InChI=1S/C13H19Br2NOS/c1-8-2-4-13(7-16,5-3-8)11(17)10-6-9(14)12(15)18-10/h6,8,11,17H,2-5,7,16H2,1H3. The van der Waals surface area contributed by atoms with Crippen LogP contribution in [0.5, 0.6) is 0 Å². The molecule has 2 nitrogen and oxygen atoms in total. The highest BCUT2D eigenvalue weighted by molar-refractivity contribution is 9.13. The largest absolute Gasteiger partial charge is 0.387 e. The van der Waals surface area contributed by atoms with Gasteiger partial charge in [0.05, 0.1) is 9.89 Å². The quantitative estimate of drug-likeness (QED) is 0.791. The first-order valence-electron chi connectivity index (χ1n) is 6.31. The lowest BCUT2D eigenvalue weighted by molar-refractivity contribution is -0.00592. The molecule has 102 valence electrons. The Morgan fingerprint density at radius 3 is 2.56 bits per heavy atom. The third-order valence-corrected chi connectivity index (χ3v) is 7.50. The Bertz CT molecular complexity index is 394. The van der Waals surface area contributed by atoms with Crippen LogP contribution in [0.15, 0.2) is 14.3 Å². The molecule has 1 saturated carbocycles. The molecule has 3 N–H and O–H groups in total. The molecule has 0 aromatic carbocycles. The molecular formula is C13H19Br2NOS. The van der Waals surface area contributed by atoms with E-state index >= 15 is 0 Å². The Kier molecular flexibility index (Phi) is 4.92. The predicted octanol–water partition coefficient (Wildman–Crippen LogP) is 4.46. The lowest BCUT2D eigenvalue weighted by atomic mass is 9.67. The molecule has 0 amide bonds. The van der Waals surface area contributed by atoms with Gasteiger partial charge in [0.15, 0.2) is 0 Å². The van der Waals surface area contributed by atoms with Crippen molar-refractivity contribution in [1.29, 1.82) is 0 Å². The van der Waals surface area contributed by atoms with Gasteiger partial charge >= 0.3 is 0 Å². The molecule has 1 heterocycles. The number of aliphatic hydroxyl groups excluding tert-OH is 1. The summed E-state index contributed by atoms with van der Waals surface area (Å²) in [5.41, 5.74) is 5.86. The van der Waals surface area contributed by atoms with Crippen molar-refractivity contribution >= 4 is 43.2 Å². The topological polar surface area (TPSA) is 46.2 Å². The van der Waals surface area contributed by atoms with Gasteiger partial charge < -0.3 is 10.8 Å². The molecule has 1 aliphatic carbocycles. The maximum Gasteiger partial charge on any atom is 0.0950 e. The predicted molar refractivity (Wildman–Crippen MR) is 83.8 cm³/mol. The van der Waals surface area contributed by atoms with Gasteiger partial charge in [-0.2, -0.15) is 0 Å². The molecule has 1 aromatic heterocycles. The van der Waals surface area contributed by atoms with Crippen LogP contribution in [-0.4, -0.2) is 11.7 Å². The molecule has 1 aromatic rings. The average Bonchev–Trinajstić information content (AvgIpc) is 2.70. The first-order chi connectivity index (χ1) is 8.48. The third-order valence-electron chi connectivity index (χ3n) is 4.19. The van der Waals surface area contributed by atoms with Crippen molar-refractivity contribution in [1.82, 2.24) is 0 Å². The smallest absolute Gasteiger partial charge is 0.0950 e. The second-order valence-corrected chi connectivity index (χ2v) is 8.68. The van der Waals surface area contributed by atoms with Crippen LogP contribution < -0.4 is 5.73 Å². The van der Waals surface area contributed by atoms with E-state index in [0.717, 1.165) is 31.9 Å². The van der Waals surface area contributed by atoms with E-state index in [2.05, 4.69) is 38.8 Å². The van der Waals surface area contributed by atoms with Crippen molar-refractivity contribution in [3.8, 4) is 0 Å². The number of halogens is 2. The minimum absolute atomic E-state index is 0.129. The molecule has 1 fully saturated rings. The fraction of sp³-hybridized carbons (Fsp3) is 0.692. The normalized spacial score (nSPS) is 30.4. The van der Waals surface area contributed by atoms with E-state index in [1.807, 2.05) is 6.07 Å². The summed E-state index contributed by atoms with van der Waals surface area (Å²) in [6, 6.07) is 2.01. The summed E-state index contributed by atoms with van der Waals surface area (Å²) in [5.74, 6) is 0.763. The van der Waals surface area contributed by atoms with Gasteiger partial charge in [-0.05, 0) is 56.7 Å². The minimum atomic E-state index is -0.442. The molecule has 0 spiro atoms. The Hall–Kier alpha value is 0.580. The summed E-state index contributed by atoms with van der Waals surface area (Å²) >= 11 is 8.56. The van der Waals surface area contributed by atoms with E-state index in [-0.39, 0.29) is 5.41 Å². The van der Waals surface area contributed by atoms with Gasteiger partial charge in [-0.15, -0.1) is 11.3 Å². The van der Waals surface area contributed by atoms with Crippen LogP contribution in [0.1, 0.15) is 43.6 Å². The molecule has 1 aliphatic rings. The monoisotopic (exact) mass is 395 g/mol. The van der Waals surface area contributed by atoms with E-state index < -0.39 is 6.10 Å². The first kappa shape index (κ1) is 15.0. The summed E-state index contributed by atoms with van der Waals surface area (Å²) in [4.78, 5) is 1.01. The highest BCUT2D eigenvalue weighted by Gasteiger charge is 2.40. The van der Waals surface area contributed by atoms with E-state index in [9.17, 15) is 5.11 Å².